The summed E-state index contributed by atoms with van der Waals surface area (Å²) in [6.45, 7) is 1.18. The highest BCUT2D eigenvalue weighted by Crippen LogP contribution is 2.14. The van der Waals surface area contributed by atoms with Crippen molar-refractivity contribution in [3.63, 3.8) is 0 Å². The molecule has 2 amide bonds. The van der Waals surface area contributed by atoms with E-state index in [1.54, 1.807) is 74.2 Å². The van der Waals surface area contributed by atoms with Gasteiger partial charge in [-0.25, -0.2) is 4.98 Å². The minimum Gasteiger partial charge on any atom is -0.497 e. The molecule has 8 heteroatoms. The molecule has 0 bridgehead atoms. The van der Waals surface area contributed by atoms with E-state index in [0.717, 1.165) is 18.5 Å². The summed E-state index contributed by atoms with van der Waals surface area (Å²) in [5.41, 5.74) is 1.30. The molecule has 2 aromatic carbocycles. The zero-order valence-corrected chi connectivity index (χ0v) is 17.8. The third kappa shape index (κ3) is 6.72. The van der Waals surface area contributed by atoms with Crippen LogP contribution in [0.15, 0.2) is 72.9 Å². The molecule has 1 heterocycles. The monoisotopic (exact) mass is 438 g/mol. The number of ether oxygens (including phenoxy) is 1. The van der Waals surface area contributed by atoms with Crippen molar-refractivity contribution in [3.05, 3.63) is 89.1 Å². The minimum atomic E-state index is -0.392. The zero-order chi connectivity index (χ0) is 22.1. The molecule has 7 nitrogen and oxygen atoms in total. The molecule has 0 spiro atoms. The maximum Gasteiger partial charge on any atom is 0.267 e. The lowest BCUT2D eigenvalue weighted by molar-refractivity contribution is -0.117. The number of rotatable bonds is 9. The number of halogens is 1. The number of aromatic nitrogens is 2. The molecule has 0 unspecified atom stereocenters. The Hall–Kier alpha value is -3.58. The lowest BCUT2D eigenvalue weighted by Crippen LogP contribution is -2.35. The fraction of sp³-hybridized carbons (Fsp3) is 0.174. The standard InChI is InChI=1S/C23H23ClN4O3/c1-31-20-9-5-18(6-10-20)22(29)27-21(15-17-3-7-19(24)8-4-17)23(30)26-11-2-13-28-14-12-25-16-28/h3-10,12,14-16H,2,11,13H2,1H3,(H,26,30)(H,27,29)/b21-15-. The SMILES string of the molecule is COc1ccc(C(=O)N/C(=C\c2ccc(Cl)cc2)C(=O)NCCCn2ccnc2)cc1. The second kappa shape index (κ2) is 11.0. The molecule has 0 aliphatic carbocycles. The van der Waals surface area contributed by atoms with Gasteiger partial charge in [0.25, 0.3) is 11.8 Å². The van der Waals surface area contributed by atoms with Crippen LogP contribution in [0, 0.1) is 0 Å². The van der Waals surface area contributed by atoms with Crippen LogP contribution >= 0.6 is 11.6 Å². The van der Waals surface area contributed by atoms with Gasteiger partial charge in [-0.1, -0.05) is 23.7 Å². The van der Waals surface area contributed by atoms with E-state index >= 15 is 0 Å². The first-order chi connectivity index (χ1) is 15.0. The van der Waals surface area contributed by atoms with Crippen molar-refractivity contribution >= 4 is 29.5 Å². The van der Waals surface area contributed by atoms with E-state index < -0.39 is 5.91 Å². The van der Waals surface area contributed by atoms with Gasteiger partial charge < -0.3 is 19.9 Å². The first-order valence-electron chi connectivity index (χ1n) is 9.72. The number of benzene rings is 2. The number of imidazole rings is 1. The van der Waals surface area contributed by atoms with Gasteiger partial charge in [-0.3, -0.25) is 9.59 Å². The van der Waals surface area contributed by atoms with Gasteiger partial charge in [0.1, 0.15) is 11.4 Å². The van der Waals surface area contributed by atoms with Crippen LogP contribution in [-0.4, -0.2) is 35.0 Å². The summed E-state index contributed by atoms with van der Waals surface area (Å²) >= 11 is 5.94. The molecular weight excluding hydrogens is 416 g/mol. The van der Waals surface area contributed by atoms with Crippen molar-refractivity contribution < 1.29 is 14.3 Å². The minimum absolute atomic E-state index is 0.144. The molecule has 31 heavy (non-hydrogen) atoms. The van der Waals surface area contributed by atoms with Gasteiger partial charge in [-0.15, -0.1) is 0 Å². The van der Waals surface area contributed by atoms with E-state index in [9.17, 15) is 9.59 Å². The van der Waals surface area contributed by atoms with Crippen molar-refractivity contribution in [1.82, 2.24) is 20.2 Å². The van der Waals surface area contributed by atoms with Crippen molar-refractivity contribution in [2.45, 2.75) is 13.0 Å². The summed E-state index contributed by atoms with van der Waals surface area (Å²) < 4.78 is 7.05. The van der Waals surface area contributed by atoms with Crippen molar-refractivity contribution in [2.24, 2.45) is 0 Å². The average Bonchev–Trinajstić information content (AvgIpc) is 3.31. The molecule has 1 aromatic heterocycles. The molecule has 160 valence electrons. The van der Waals surface area contributed by atoms with Gasteiger partial charge in [0.2, 0.25) is 0 Å². The van der Waals surface area contributed by atoms with Crippen LogP contribution in [0.4, 0.5) is 0 Å². The molecule has 3 rings (SSSR count). The number of carbonyl (C=O) groups excluding carboxylic acids is 2. The van der Waals surface area contributed by atoms with Crippen LogP contribution < -0.4 is 15.4 Å². The first kappa shape index (κ1) is 22.1. The Morgan fingerprint density at radius 2 is 1.87 bits per heavy atom. The Kier molecular flexibility index (Phi) is 7.84. The largest absolute Gasteiger partial charge is 0.497 e. The van der Waals surface area contributed by atoms with Crippen LogP contribution in [0.3, 0.4) is 0 Å². The lowest BCUT2D eigenvalue weighted by atomic mass is 10.1. The highest BCUT2D eigenvalue weighted by Gasteiger charge is 2.14. The Bertz CT molecular complexity index is 1030. The number of amides is 2. The van der Waals surface area contributed by atoms with E-state index in [4.69, 9.17) is 16.3 Å². The van der Waals surface area contributed by atoms with Crippen molar-refractivity contribution in [2.75, 3.05) is 13.7 Å². The molecule has 0 atom stereocenters. The number of carbonyl (C=O) groups is 2. The Morgan fingerprint density at radius 3 is 2.52 bits per heavy atom. The number of hydrogen-bond acceptors (Lipinski definition) is 4. The Balaban J connectivity index is 1.69. The van der Waals surface area contributed by atoms with Crippen molar-refractivity contribution in [3.8, 4) is 5.75 Å². The quantitative estimate of drug-likeness (QED) is 0.395. The molecule has 0 aliphatic heterocycles. The third-order valence-corrected chi connectivity index (χ3v) is 4.72. The summed E-state index contributed by atoms with van der Waals surface area (Å²) in [4.78, 5) is 29.5. The summed E-state index contributed by atoms with van der Waals surface area (Å²) in [5.74, 6) is -0.122. The molecule has 0 fully saturated rings. The number of aryl methyl sites for hydroxylation is 1. The topological polar surface area (TPSA) is 85.2 Å². The maximum atomic E-state index is 12.8. The number of nitrogens with one attached hydrogen (secondary N) is 2. The normalized spacial score (nSPS) is 11.1. The predicted octanol–water partition coefficient (Wildman–Crippen LogP) is 3.52. The number of methoxy groups -OCH3 is 1. The molecule has 3 aromatic rings. The van der Waals surface area contributed by atoms with Crippen LogP contribution in [0.5, 0.6) is 5.75 Å². The molecule has 0 saturated carbocycles. The van der Waals surface area contributed by atoms with Gasteiger partial charge in [-0.05, 0) is 54.5 Å². The Labute approximate surface area is 185 Å². The zero-order valence-electron chi connectivity index (χ0n) is 17.0. The van der Waals surface area contributed by atoms with Gasteiger partial charge in [0, 0.05) is 36.1 Å². The molecule has 2 N–H and O–H groups in total. The number of nitrogens with zero attached hydrogens (tertiary/aromatic N) is 2. The van der Waals surface area contributed by atoms with E-state index in [0.29, 0.717) is 22.9 Å². The highest BCUT2D eigenvalue weighted by molar-refractivity contribution is 6.30. The van der Waals surface area contributed by atoms with E-state index in [1.807, 2.05) is 10.8 Å². The fourth-order valence-corrected chi connectivity index (χ4v) is 2.92. The second-order valence-electron chi connectivity index (χ2n) is 6.70. The highest BCUT2D eigenvalue weighted by atomic mass is 35.5. The third-order valence-electron chi connectivity index (χ3n) is 4.46. The lowest BCUT2D eigenvalue weighted by Gasteiger charge is -2.12. The van der Waals surface area contributed by atoms with Crippen molar-refractivity contribution in [1.29, 1.82) is 0 Å². The average molecular weight is 439 g/mol. The predicted molar refractivity (Wildman–Crippen MR) is 120 cm³/mol. The van der Waals surface area contributed by atoms with Gasteiger partial charge >= 0.3 is 0 Å². The van der Waals surface area contributed by atoms with E-state index in [-0.39, 0.29) is 11.6 Å². The maximum absolute atomic E-state index is 12.8. The van der Waals surface area contributed by atoms with E-state index in [2.05, 4.69) is 15.6 Å². The Morgan fingerprint density at radius 1 is 1.13 bits per heavy atom. The summed E-state index contributed by atoms with van der Waals surface area (Å²) in [6.07, 6.45) is 7.64. The molecule has 0 aliphatic rings. The van der Waals surface area contributed by atoms with Crippen LogP contribution in [-0.2, 0) is 11.3 Å². The second-order valence-corrected chi connectivity index (χ2v) is 7.14. The first-order valence-corrected chi connectivity index (χ1v) is 10.1. The van der Waals surface area contributed by atoms with Crippen LogP contribution in [0.1, 0.15) is 22.3 Å². The van der Waals surface area contributed by atoms with E-state index in [1.165, 1.54) is 0 Å². The van der Waals surface area contributed by atoms with Crippen LogP contribution in [0.2, 0.25) is 5.02 Å². The number of hydrogen-bond donors (Lipinski definition) is 2. The summed E-state index contributed by atoms with van der Waals surface area (Å²) in [5, 5.41) is 6.15. The molecule has 0 radical (unpaired) electrons. The fourth-order valence-electron chi connectivity index (χ4n) is 2.80. The summed E-state index contributed by atoms with van der Waals surface area (Å²) in [7, 11) is 1.55. The van der Waals surface area contributed by atoms with Gasteiger partial charge in [-0.2, -0.15) is 0 Å². The van der Waals surface area contributed by atoms with Crippen LogP contribution in [0.25, 0.3) is 6.08 Å². The molecular formula is C23H23ClN4O3. The molecule has 0 saturated heterocycles. The smallest absolute Gasteiger partial charge is 0.267 e. The van der Waals surface area contributed by atoms with Gasteiger partial charge in [0.15, 0.2) is 0 Å². The van der Waals surface area contributed by atoms with Gasteiger partial charge in [0.05, 0.1) is 13.4 Å². The summed E-state index contributed by atoms with van der Waals surface area (Å²) in [6, 6.07) is 13.6.